The minimum absolute atomic E-state index is 0.118. The SMILES string of the molecule is O=C(O)COc1ccc(CN2C(=O)C(=C(c3ccc(Cl)cc3)c3ccc(Cl)cc3)c3ccccc32)cc1. The van der Waals surface area contributed by atoms with Gasteiger partial charge in [-0.05, 0) is 59.2 Å². The molecule has 37 heavy (non-hydrogen) atoms. The molecule has 1 heterocycles. The molecule has 7 heteroatoms. The summed E-state index contributed by atoms with van der Waals surface area (Å²) in [5, 5.41) is 10.0. The highest BCUT2D eigenvalue weighted by Crippen LogP contribution is 2.44. The molecule has 5 rings (SSSR count). The maximum Gasteiger partial charge on any atom is 0.341 e. The van der Waals surface area contributed by atoms with E-state index in [-0.39, 0.29) is 5.91 Å². The fraction of sp³-hybridized carbons (Fsp3) is 0.0667. The third kappa shape index (κ3) is 5.24. The molecule has 0 spiro atoms. The van der Waals surface area contributed by atoms with Crippen LogP contribution in [0, 0.1) is 0 Å². The number of rotatable bonds is 7. The highest BCUT2D eigenvalue weighted by molar-refractivity contribution is 6.39. The van der Waals surface area contributed by atoms with E-state index in [1.807, 2.05) is 84.9 Å². The normalized spacial score (nSPS) is 12.4. The number of anilines is 1. The summed E-state index contributed by atoms with van der Waals surface area (Å²) in [7, 11) is 0. The van der Waals surface area contributed by atoms with Crippen LogP contribution < -0.4 is 9.64 Å². The number of para-hydroxylation sites is 1. The van der Waals surface area contributed by atoms with E-state index in [1.54, 1.807) is 17.0 Å². The second-order valence-corrected chi connectivity index (χ2v) is 9.37. The van der Waals surface area contributed by atoms with Crippen LogP contribution in [0.3, 0.4) is 0 Å². The molecule has 0 aromatic heterocycles. The first-order valence-electron chi connectivity index (χ1n) is 11.5. The number of ether oxygens (including phenoxy) is 1. The summed E-state index contributed by atoms with van der Waals surface area (Å²) >= 11 is 12.3. The Labute approximate surface area is 224 Å². The van der Waals surface area contributed by atoms with Crippen molar-refractivity contribution in [3.8, 4) is 5.75 Å². The molecule has 4 aromatic rings. The zero-order valence-electron chi connectivity index (χ0n) is 19.5. The maximum absolute atomic E-state index is 14.1. The van der Waals surface area contributed by atoms with Gasteiger partial charge < -0.3 is 14.7 Å². The third-order valence-electron chi connectivity index (χ3n) is 6.07. The van der Waals surface area contributed by atoms with Gasteiger partial charge >= 0.3 is 5.97 Å². The fourth-order valence-electron chi connectivity index (χ4n) is 4.39. The molecule has 1 aliphatic heterocycles. The van der Waals surface area contributed by atoms with E-state index < -0.39 is 12.6 Å². The van der Waals surface area contributed by atoms with Gasteiger partial charge in [0.1, 0.15) is 5.75 Å². The quantitative estimate of drug-likeness (QED) is 0.262. The van der Waals surface area contributed by atoms with Crippen molar-refractivity contribution in [1.29, 1.82) is 0 Å². The number of fused-ring (bicyclic) bond motifs is 1. The average molecular weight is 530 g/mol. The van der Waals surface area contributed by atoms with Crippen molar-refractivity contribution in [2.75, 3.05) is 11.5 Å². The number of halogens is 2. The Morgan fingerprint density at radius 1 is 0.784 bits per heavy atom. The van der Waals surface area contributed by atoms with Crippen LogP contribution in [0.25, 0.3) is 11.1 Å². The smallest absolute Gasteiger partial charge is 0.341 e. The molecule has 4 aromatic carbocycles. The zero-order chi connectivity index (χ0) is 25.9. The Morgan fingerprint density at radius 2 is 1.35 bits per heavy atom. The predicted octanol–water partition coefficient (Wildman–Crippen LogP) is 6.96. The number of nitrogens with zero attached hydrogens (tertiary/aromatic N) is 1. The topological polar surface area (TPSA) is 66.8 Å². The van der Waals surface area contributed by atoms with Crippen molar-refractivity contribution >= 4 is 51.9 Å². The summed E-state index contributed by atoms with van der Waals surface area (Å²) < 4.78 is 5.23. The third-order valence-corrected chi connectivity index (χ3v) is 6.57. The largest absolute Gasteiger partial charge is 0.482 e. The van der Waals surface area contributed by atoms with Crippen LogP contribution in [0.2, 0.25) is 10.0 Å². The van der Waals surface area contributed by atoms with Crippen LogP contribution in [-0.4, -0.2) is 23.6 Å². The molecule has 0 aliphatic carbocycles. The lowest BCUT2D eigenvalue weighted by Crippen LogP contribution is -2.26. The monoisotopic (exact) mass is 529 g/mol. The summed E-state index contributed by atoms with van der Waals surface area (Å²) in [5.74, 6) is -0.709. The van der Waals surface area contributed by atoms with E-state index in [1.165, 1.54) is 0 Å². The van der Waals surface area contributed by atoms with Crippen molar-refractivity contribution in [1.82, 2.24) is 0 Å². The Hall–Kier alpha value is -4.06. The maximum atomic E-state index is 14.1. The average Bonchev–Trinajstić information content (AvgIpc) is 3.17. The number of hydrogen-bond donors (Lipinski definition) is 1. The van der Waals surface area contributed by atoms with Crippen molar-refractivity contribution < 1.29 is 19.4 Å². The summed E-state index contributed by atoms with van der Waals surface area (Å²) in [6, 6.07) is 29.7. The zero-order valence-corrected chi connectivity index (χ0v) is 21.0. The van der Waals surface area contributed by atoms with Crippen LogP contribution >= 0.6 is 23.2 Å². The van der Waals surface area contributed by atoms with Crippen LogP contribution in [0.5, 0.6) is 5.75 Å². The molecule has 0 bridgehead atoms. The van der Waals surface area contributed by atoms with Crippen LogP contribution in [0.1, 0.15) is 22.3 Å². The summed E-state index contributed by atoms with van der Waals surface area (Å²) in [4.78, 5) is 26.6. The van der Waals surface area contributed by atoms with Crippen molar-refractivity contribution in [3.05, 3.63) is 129 Å². The number of amides is 1. The molecule has 0 saturated heterocycles. The highest BCUT2D eigenvalue weighted by atomic mass is 35.5. The molecular weight excluding hydrogens is 509 g/mol. The Balaban J connectivity index is 1.58. The first kappa shape index (κ1) is 24.6. The number of carbonyl (C=O) groups excluding carboxylic acids is 1. The minimum atomic E-state index is -1.04. The van der Waals surface area contributed by atoms with Gasteiger partial charge in [0.15, 0.2) is 6.61 Å². The highest BCUT2D eigenvalue weighted by Gasteiger charge is 2.35. The predicted molar refractivity (Wildman–Crippen MR) is 146 cm³/mol. The van der Waals surface area contributed by atoms with E-state index in [0.29, 0.717) is 27.9 Å². The number of carboxylic acids is 1. The number of benzene rings is 4. The molecule has 0 fully saturated rings. The second-order valence-electron chi connectivity index (χ2n) is 8.50. The summed E-state index contributed by atoms with van der Waals surface area (Å²) in [6.07, 6.45) is 0. The van der Waals surface area contributed by atoms with Gasteiger partial charge in [0, 0.05) is 21.2 Å². The van der Waals surface area contributed by atoms with Gasteiger partial charge in [-0.2, -0.15) is 0 Å². The van der Waals surface area contributed by atoms with Crippen LogP contribution in [-0.2, 0) is 16.1 Å². The second kappa shape index (κ2) is 10.5. The molecule has 1 aliphatic rings. The van der Waals surface area contributed by atoms with Gasteiger partial charge in [-0.15, -0.1) is 0 Å². The fourth-order valence-corrected chi connectivity index (χ4v) is 4.64. The van der Waals surface area contributed by atoms with E-state index in [4.69, 9.17) is 33.0 Å². The van der Waals surface area contributed by atoms with Crippen LogP contribution in [0.15, 0.2) is 97.1 Å². The van der Waals surface area contributed by atoms with Gasteiger partial charge in [-0.1, -0.05) is 77.8 Å². The molecule has 5 nitrogen and oxygen atoms in total. The van der Waals surface area contributed by atoms with Crippen molar-refractivity contribution in [2.45, 2.75) is 6.54 Å². The van der Waals surface area contributed by atoms with Gasteiger partial charge in [-0.25, -0.2) is 4.79 Å². The van der Waals surface area contributed by atoms with E-state index in [0.717, 1.165) is 33.5 Å². The molecular formula is C30H21Cl2NO4. The van der Waals surface area contributed by atoms with Gasteiger partial charge in [0.25, 0.3) is 5.91 Å². The molecule has 1 N–H and O–H groups in total. The van der Waals surface area contributed by atoms with Crippen molar-refractivity contribution in [3.63, 3.8) is 0 Å². The van der Waals surface area contributed by atoms with Crippen LogP contribution in [0.4, 0.5) is 5.69 Å². The van der Waals surface area contributed by atoms with Crippen molar-refractivity contribution in [2.24, 2.45) is 0 Å². The van der Waals surface area contributed by atoms with E-state index in [2.05, 4.69) is 0 Å². The molecule has 184 valence electrons. The van der Waals surface area contributed by atoms with Gasteiger partial charge in [0.05, 0.1) is 17.8 Å². The number of carbonyl (C=O) groups is 2. The molecule has 0 saturated carbocycles. The summed E-state index contributed by atoms with van der Waals surface area (Å²) in [6.45, 7) is -0.0727. The molecule has 0 unspecified atom stereocenters. The lowest BCUT2D eigenvalue weighted by molar-refractivity contribution is -0.139. The lowest BCUT2D eigenvalue weighted by Gasteiger charge is -2.18. The Morgan fingerprint density at radius 3 is 1.92 bits per heavy atom. The van der Waals surface area contributed by atoms with E-state index in [9.17, 15) is 9.59 Å². The standard InChI is InChI=1S/C30H21Cl2NO4/c31-22-11-7-20(8-12-22)28(21-9-13-23(32)14-10-21)29-25-3-1-2-4-26(25)33(30(29)36)17-19-5-15-24(16-6-19)37-18-27(34)35/h1-16H,17-18H2,(H,34,35). The number of aliphatic carboxylic acids is 1. The first-order valence-corrected chi connectivity index (χ1v) is 12.3. The van der Waals surface area contributed by atoms with E-state index >= 15 is 0 Å². The van der Waals surface area contributed by atoms with Gasteiger partial charge in [-0.3, -0.25) is 4.79 Å². The van der Waals surface area contributed by atoms with Gasteiger partial charge in [0.2, 0.25) is 0 Å². The first-order chi connectivity index (χ1) is 17.9. The number of carboxylic acid groups (broad SMARTS) is 1. The number of hydrogen-bond acceptors (Lipinski definition) is 3. The molecule has 1 amide bonds. The Kier molecular flexibility index (Phi) is 6.99. The lowest BCUT2D eigenvalue weighted by atomic mass is 9.90. The summed E-state index contributed by atoms with van der Waals surface area (Å²) in [5.41, 5.74) is 5.67. The Bertz CT molecular complexity index is 1450. The molecule has 0 radical (unpaired) electrons. The minimum Gasteiger partial charge on any atom is -0.482 e. The molecule has 0 atom stereocenters.